The van der Waals surface area contributed by atoms with Crippen LogP contribution in [0.4, 0.5) is 0 Å². The molecular weight excluding hydrogens is 382 g/mol. The second kappa shape index (κ2) is 6.34. The van der Waals surface area contributed by atoms with Crippen molar-refractivity contribution in [2.75, 3.05) is 7.11 Å². The molecule has 2 aromatic rings. The lowest BCUT2D eigenvalue weighted by Gasteiger charge is -2.41. The number of thioether (sulfide) groups is 1. The summed E-state index contributed by atoms with van der Waals surface area (Å²) in [5.74, 6) is 1.14. The second-order valence-electron chi connectivity index (χ2n) is 7.65. The standard InChI is InChI=1S/C20H19NO4S2/c1-25-19(23)10-4-2-9(3-5-10)14-15-13-7-11(6-12(13)8-22)16(15)26-18-17(14)27-20(24)21-18/h2-5,8,11-16H,6-7H2,1H3,(H,21,24)/t11-,12+,13+,14+,15-,16-/m0/s1. The van der Waals surface area contributed by atoms with Gasteiger partial charge >= 0.3 is 10.8 Å². The van der Waals surface area contributed by atoms with E-state index in [1.54, 1.807) is 23.9 Å². The van der Waals surface area contributed by atoms with Crippen molar-refractivity contribution < 1.29 is 14.3 Å². The summed E-state index contributed by atoms with van der Waals surface area (Å²) in [4.78, 5) is 39.5. The summed E-state index contributed by atoms with van der Waals surface area (Å²) >= 11 is 3.08. The van der Waals surface area contributed by atoms with Crippen molar-refractivity contribution >= 4 is 35.4 Å². The number of hydrogen-bond acceptors (Lipinski definition) is 6. The topological polar surface area (TPSA) is 76.2 Å². The van der Waals surface area contributed by atoms with Crippen molar-refractivity contribution in [3.05, 3.63) is 49.9 Å². The van der Waals surface area contributed by atoms with Crippen molar-refractivity contribution in [2.24, 2.45) is 23.7 Å². The maximum Gasteiger partial charge on any atom is 0.337 e. The summed E-state index contributed by atoms with van der Waals surface area (Å²) in [5.41, 5.74) is 1.62. The molecule has 7 heteroatoms. The van der Waals surface area contributed by atoms with Gasteiger partial charge in [-0.05, 0) is 48.3 Å². The molecule has 140 valence electrons. The smallest absolute Gasteiger partial charge is 0.337 e. The molecule has 0 radical (unpaired) electrons. The fourth-order valence-corrected chi connectivity index (χ4v) is 8.28. The number of esters is 1. The minimum atomic E-state index is -0.355. The normalized spacial score (nSPS) is 33.4. The molecule has 0 unspecified atom stereocenters. The molecule has 6 atom stereocenters. The summed E-state index contributed by atoms with van der Waals surface area (Å²) in [6.45, 7) is 0. The van der Waals surface area contributed by atoms with Crippen LogP contribution in [0.25, 0.3) is 0 Å². The zero-order valence-electron chi connectivity index (χ0n) is 14.7. The average Bonchev–Trinajstić information content (AvgIpc) is 3.37. The molecule has 5 nitrogen and oxygen atoms in total. The fraction of sp³-hybridized carbons (Fsp3) is 0.450. The Bertz CT molecular complexity index is 963. The van der Waals surface area contributed by atoms with E-state index in [2.05, 4.69) is 4.98 Å². The average molecular weight is 402 g/mol. The van der Waals surface area contributed by atoms with Crippen LogP contribution in [0, 0.1) is 23.7 Å². The van der Waals surface area contributed by atoms with Crippen molar-refractivity contribution in [3.63, 3.8) is 0 Å². The predicted octanol–water partition coefficient (Wildman–Crippen LogP) is 3.30. The van der Waals surface area contributed by atoms with E-state index in [9.17, 15) is 14.4 Å². The third kappa shape index (κ3) is 2.55. The summed E-state index contributed by atoms with van der Waals surface area (Å²) < 4.78 is 4.79. The van der Waals surface area contributed by atoms with Crippen molar-refractivity contribution in [3.8, 4) is 0 Å². The van der Waals surface area contributed by atoms with Crippen LogP contribution in [0.3, 0.4) is 0 Å². The summed E-state index contributed by atoms with van der Waals surface area (Å²) in [6.07, 6.45) is 3.21. The number of H-pyrrole nitrogens is 1. The number of ether oxygens (including phenoxy) is 1. The molecule has 2 saturated carbocycles. The number of fused-ring (bicyclic) bond motifs is 6. The molecule has 1 aliphatic heterocycles. The lowest BCUT2D eigenvalue weighted by molar-refractivity contribution is -0.113. The first-order chi connectivity index (χ1) is 13.1. The van der Waals surface area contributed by atoms with Crippen molar-refractivity contribution in [2.45, 2.75) is 29.0 Å². The number of hydrogen-bond donors (Lipinski definition) is 1. The van der Waals surface area contributed by atoms with Gasteiger partial charge in [-0.3, -0.25) is 4.79 Å². The SMILES string of the molecule is COC(=O)c1ccc([C@H]2c3sc(=O)[nH]c3S[C@H]3[C@@H]4C[C@@H]([C@@H]23)[C@@H](C=O)C4)cc1. The largest absolute Gasteiger partial charge is 0.465 e. The number of nitrogens with one attached hydrogen (secondary N) is 1. The zero-order valence-corrected chi connectivity index (χ0v) is 16.3. The van der Waals surface area contributed by atoms with E-state index in [1.807, 2.05) is 12.1 Å². The molecule has 1 aromatic heterocycles. The maximum absolute atomic E-state index is 12.1. The fourth-order valence-electron chi connectivity index (χ4n) is 5.43. The highest BCUT2D eigenvalue weighted by Gasteiger charge is 2.58. The molecule has 27 heavy (non-hydrogen) atoms. The first-order valence-corrected chi connectivity index (χ1v) is 10.8. The van der Waals surface area contributed by atoms with Crippen LogP contribution in [-0.4, -0.2) is 29.6 Å². The van der Waals surface area contributed by atoms with E-state index >= 15 is 0 Å². The molecule has 0 spiro atoms. The van der Waals surface area contributed by atoms with Gasteiger partial charge in [-0.2, -0.15) is 0 Å². The van der Waals surface area contributed by atoms with Gasteiger partial charge in [0, 0.05) is 22.0 Å². The van der Waals surface area contributed by atoms with Crippen LogP contribution in [-0.2, 0) is 9.53 Å². The van der Waals surface area contributed by atoms with Gasteiger partial charge in [0.25, 0.3) is 0 Å². The molecule has 1 aromatic carbocycles. The summed E-state index contributed by atoms with van der Waals surface area (Å²) in [5, 5.41) is 1.43. The minimum Gasteiger partial charge on any atom is -0.465 e. The van der Waals surface area contributed by atoms with Gasteiger partial charge in [0.1, 0.15) is 6.29 Å². The van der Waals surface area contributed by atoms with Crippen molar-refractivity contribution in [1.82, 2.24) is 4.98 Å². The Balaban J connectivity index is 1.60. The third-order valence-electron chi connectivity index (χ3n) is 6.47. The molecule has 2 fully saturated rings. The van der Waals surface area contributed by atoms with Crippen LogP contribution >= 0.6 is 23.1 Å². The quantitative estimate of drug-likeness (QED) is 0.631. The number of thiazole rings is 1. The van der Waals surface area contributed by atoms with Crippen LogP contribution in [0.15, 0.2) is 34.1 Å². The first-order valence-electron chi connectivity index (χ1n) is 9.14. The number of rotatable bonds is 3. The summed E-state index contributed by atoms with van der Waals surface area (Å²) in [6, 6.07) is 7.52. The van der Waals surface area contributed by atoms with E-state index in [0.29, 0.717) is 28.6 Å². The Morgan fingerprint density at radius 2 is 2.04 bits per heavy atom. The predicted molar refractivity (Wildman–Crippen MR) is 103 cm³/mol. The van der Waals surface area contributed by atoms with Gasteiger partial charge in [-0.25, -0.2) is 4.79 Å². The van der Waals surface area contributed by atoms with E-state index in [0.717, 1.165) is 34.6 Å². The minimum absolute atomic E-state index is 0.0251. The van der Waals surface area contributed by atoms with E-state index in [1.165, 1.54) is 18.4 Å². The lowest BCUT2D eigenvalue weighted by Crippen LogP contribution is -2.37. The number of aldehydes is 1. The zero-order chi connectivity index (χ0) is 18.7. The number of carbonyl (C=O) groups is 2. The molecular formula is C20H19NO4S2. The number of carbonyl (C=O) groups excluding carboxylic acids is 2. The molecule has 2 aliphatic carbocycles. The van der Waals surface area contributed by atoms with E-state index in [-0.39, 0.29) is 22.7 Å². The molecule has 1 N–H and O–H groups in total. The molecule has 0 saturated heterocycles. The monoisotopic (exact) mass is 401 g/mol. The number of methoxy groups -OCH3 is 1. The Kier molecular flexibility index (Phi) is 4.05. The van der Waals surface area contributed by atoms with Gasteiger partial charge in [-0.15, -0.1) is 11.8 Å². The highest BCUT2D eigenvalue weighted by atomic mass is 32.2. The Morgan fingerprint density at radius 3 is 2.74 bits per heavy atom. The second-order valence-corrected chi connectivity index (χ2v) is 9.86. The van der Waals surface area contributed by atoms with Gasteiger partial charge in [-0.1, -0.05) is 23.5 Å². The van der Waals surface area contributed by atoms with Gasteiger partial charge in [0.05, 0.1) is 17.7 Å². The Morgan fingerprint density at radius 1 is 1.26 bits per heavy atom. The number of benzene rings is 1. The van der Waals surface area contributed by atoms with Gasteiger partial charge < -0.3 is 14.5 Å². The molecule has 2 bridgehead atoms. The lowest BCUT2D eigenvalue weighted by atomic mass is 9.71. The third-order valence-corrected chi connectivity index (χ3v) is 9.09. The number of aromatic amines is 1. The maximum atomic E-state index is 12.1. The molecule has 5 rings (SSSR count). The highest BCUT2D eigenvalue weighted by molar-refractivity contribution is 8.00. The molecule has 3 aliphatic rings. The van der Waals surface area contributed by atoms with Gasteiger partial charge in [0.15, 0.2) is 0 Å². The Labute approximate surface area is 164 Å². The van der Waals surface area contributed by atoms with Crippen LogP contribution in [0.5, 0.6) is 0 Å². The van der Waals surface area contributed by atoms with Crippen molar-refractivity contribution in [1.29, 1.82) is 0 Å². The van der Waals surface area contributed by atoms with E-state index < -0.39 is 0 Å². The number of aromatic nitrogens is 1. The van der Waals surface area contributed by atoms with E-state index in [4.69, 9.17) is 4.74 Å². The summed E-state index contributed by atoms with van der Waals surface area (Å²) in [7, 11) is 1.37. The van der Waals surface area contributed by atoms with Crippen LogP contribution in [0.2, 0.25) is 0 Å². The van der Waals surface area contributed by atoms with Gasteiger partial charge in [0.2, 0.25) is 0 Å². The Hall–Kier alpha value is -1.86. The molecule has 0 amide bonds. The first kappa shape index (κ1) is 17.3. The van der Waals surface area contributed by atoms with Crippen LogP contribution < -0.4 is 4.87 Å². The highest BCUT2D eigenvalue weighted by Crippen LogP contribution is 2.64. The molecule has 2 heterocycles. The van der Waals surface area contributed by atoms with Crippen LogP contribution in [0.1, 0.15) is 39.6 Å².